The number of hydrogen-bond donors (Lipinski definition) is 1. The highest BCUT2D eigenvalue weighted by atomic mass is 16.6. The summed E-state index contributed by atoms with van der Waals surface area (Å²) in [5.74, 6) is -3.01. The number of carbonyl (C=O) groups is 4. The summed E-state index contributed by atoms with van der Waals surface area (Å²) >= 11 is 0. The molecule has 0 unspecified atom stereocenters. The Kier molecular flexibility index (Phi) is 6.57. The molecule has 2 aromatic carbocycles. The van der Waals surface area contributed by atoms with E-state index in [1.165, 1.54) is 43.5 Å². The van der Waals surface area contributed by atoms with Crippen LogP contribution in [0.5, 0.6) is 17.2 Å². The van der Waals surface area contributed by atoms with E-state index in [1.54, 1.807) is 20.8 Å². The fraction of sp³-hybridized carbons (Fsp3) is 0.304. The summed E-state index contributed by atoms with van der Waals surface area (Å²) in [5, 5.41) is 8.97. The maximum atomic E-state index is 13.6. The average Bonchev–Trinajstić information content (AvgIpc) is 2.85. The van der Waals surface area contributed by atoms with Crippen LogP contribution in [-0.2, 0) is 19.1 Å². The summed E-state index contributed by atoms with van der Waals surface area (Å²) in [4.78, 5) is 50.4. The van der Waals surface area contributed by atoms with E-state index in [2.05, 4.69) is 0 Å². The first-order chi connectivity index (χ1) is 15.5. The summed E-state index contributed by atoms with van der Waals surface area (Å²) in [5.41, 5.74) is -0.602. The Labute approximate surface area is 189 Å². The lowest BCUT2D eigenvalue weighted by atomic mass is 10.1. The molecular formula is C23H23NO9. The quantitative estimate of drug-likeness (QED) is 0.651. The zero-order valence-corrected chi connectivity index (χ0v) is 18.5. The van der Waals surface area contributed by atoms with Crippen molar-refractivity contribution in [2.75, 3.05) is 25.2 Å². The average molecular weight is 457 g/mol. The highest BCUT2D eigenvalue weighted by Gasteiger charge is 2.34. The number of nitrogens with zero attached hydrogens (tertiary/aromatic N) is 1. The fourth-order valence-corrected chi connectivity index (χ4v) is 3.15. The van der Waals surface area contributed by atoms with E-state index >= 15 is 0 Å². The molecule has 33 heavy (non-hydrogen) atoms. The van der Waals surface area contributed by atoms with Gasteiger partial charge in [0.05, 0.1) is 18.4 Å². The molecule has 10 nitrogen and oxygen atoms in total. The van der Waals surface area contributed by atoms with Gasteiger partial charge in [-0.3, -0.25) is 14.5 Å². The Balaban J connectivity index is 2.12. The molecule has 174 valence electrons. The molecule has 0 atom stereocenters. The molecular weight excluding hydrogens is 434 g/mol. The molecule has 1 heterocycles. The fourth-order valence-electron chi connectivity index (χ4n) is 3.15. The predicted molar refractivity (Wildman–Crippen MR) is 115 cm³/mol. The maximum Gasteiger partial charge on any atom is 0.341 e. The van der Waals surface area contributed by atoms with Crippen molar-refractivity contribution in [2.24, 2.45) is 0 Å². The van der Waals surface area contributed by atoms with Crippen molar-refractivity contribution >= 4 is 29.5 Å². The first kappa shape index (κ1) is 23.6. The van der Waals surface area contributed by atoms with Gasteiger partial charge in [-0.25, -0.2) is 9.59 Å². The lowest BCUT2D eigenvalue weighted by Gasteiger charge is -2.25. The highest BCUT2D eigenvalue weighted by Crippen LogP contribution is 2.42. The van der Waals surface area contributed by atoms with Crippen molar-refractivity contribution in [3.63, 3.8) is 0 Å². The number of methoxy groups -OCH3 is 1. The molecule has 0 spiro atoms. The number of ether oxygens (including phenoxy) is 4. The zero-order chi connectivity index (χ0) is 24.3. The molecule has 0 aliphatic carbocycles. The number of anilines is 1. The molecule has 1 aliphatic rings. The molecule has 10 heteroatoms. The van der Waals surface area contributed by atoms with E-state index in [0.717, 1.165) is 4.90 Å². The van der Waals surface area contributed by atoms with Gasteiger partial charge in [0.2, 0.25) is 0 Å². The first-order valence-corrected chi connectivity index (χ1v) is 9.91. The minimum absolute atomic E-state index is 0.0323. The van der Waals surface area contributed by atoms with E-state index in [0.29, 0.717) is 0 Å². The molecule has 1 N–H and O–H groups in total. The van der Waals surface area contributed by atoms with Gasteiger partial charge in [-0.1, -0.05) is 6.07 Å². The molecule has 0 saturated heterocycles. The number of amides is 1. The normalized spacial score (nSPS) is 12.6. The van der Waals surface area contributed by atoms with E-state index in [4.69, 9.17) is 24.1 Å². The van der Waals surface area contributed by atoms with Crippen molar-refractivity contribution in [3.8, 4) is 17.2 Å². The Morgan fingerprint density at radius 2 is 1.82 bits per heavy atom. The summed E-state index contributed by atoms with van der Waals surface area (Å²) < 4.78 is 21.3. The van der Waals surface area contributed by atoms with Crippen LogP contribution in [0, 0.1) is 0 Å². The zero-order valence-electron chi connectivity index (χ0n) is 18.5. The predicted octanol–water partition coefficient (Wildman–Crippen LogP) is 3.03. The molecule has 0 saturated carbocycles. The minimum Gasteiger partial charge on any atom is -0.481 e. The summed E-state index contributed by atoms with van der Waals surface area (Å²) in [7, 11) is 1.22. The lowest BCUT2D eigenvalue weighted by molar-refractivity contribution is -0.152. The summed E-state index contributed by atoms with van der Waals surface area (Å²) in [6.45, 7) is 3.89. The maximum absolute atomic E-state index is 13.6. The van der Waals surface area contributed by atoms with Crippen LogP contribution in [0.1, 0.15) is 41.5 Å². The number of carbonyl (C=O) groups excluding carboxylic acids is 3. The SMILES string of the molecule is COC(=O)c1ccc2c(c1)N(CC(=O)OC(C)(C)C)C(=O)c1c(OCC(=O)O)cccc1O2. The first-order valence-electron chi connectivity index (χ1n) is 9.91. The van der Waals surface area contributed by atoms with Crippen molar-refractivity contribution in [1.29, 1.82) is 0 Å². The summed E-state index contributed by atoms with van der Waals surface area (Å²) in [6.07, 6.45) is 0. The third-order valence-electron chi connectivity index (χ3n) is 4.40. The number of carboxylic acid groups (broad SMARTS) is 1. The monoisotopic (exact) mass is 457 g/mol. The number of hydrogen-bond acceptors (Lipinski definition) is 8. The van der Waals surface area contributed by atoms with Crippen molar-refractivity contribution < 1.29 is 43.2 Å². The van der Waals surface area contributed by atoms with Gasteiger partial charge in [0.1, 0.15) is 29.2 Å². The number of rotatable bonds is 6. The number of aliphatic carboxylic acids is 1. The molecule has 0 bridgehead atoms. The molecule has 1 amide bonds. The largest absolute Gasteiger partial charge is 0.481 e. The van der Waals surface area contributed by atoms with Crippen LogP contribution >= 0.6 is 0 Å². The van der Waals surface area contributed by atoms with E-state index in [9.17, 15) is 19.2 Å². The van der Waals surface area contributed by atoms with Gasteiger partial charge in [-0.2, -0.15) is 0 Å². The van der Waals surface area contributed by atoms with Crippen LogP contribution in [0.4, 0.5) is 5.69 Å². The van der Waals surface area contributed by atoms with Crippen LogP contribution in [0.25, 0.3) is 0 Å². The standard InChI is InChI=1S/C23H23NO9/c1-23(2,3)33-19(27)11-24-14-10-13(22(29)30-4)8-9-15(14)32-17-7-5-6-16(20(17)21(24)28)31-12-18(25)26/h5-10H,11-12H2,1-4H3,(H,25,26). The Bertz CT molecular complexity index is 1120. The van der Waals surface area contributed by atoms with Gasteiger partial charge < -0.3 is 24.1 Å². The van der Waals surface area contributed by atoms with Crippen LogP contribution < -0.4 is 14.4 Å². The molecule has 0 aromatic heterocycles. The van der Waals surface area contributed by atoms with Crippen molar-refractivity contribution in [2.45, 2.75) is 26.4 Å². The highest BCUT2D eigenvalue weighted by molar-refractivity contribution is 6.13. The van der Waals surface area contributed by atoms with Gasteiger partial charge in [0.25, 0.3) is 5.91 Å². The number of benzene rings is 2. The Hall–Kier alpha value is -4.08. The topological polar surface area (TPSA) is 129 Å². The van der Waals surface area contributed by atoms with Gasteiger partial charge >= 0.3 is 17.9 Å². The van der Waals surface area contributed by atoms with Gasteiger partial charge in [0, 0.05) is 0 Å². The smallest absolute Gasteiger partial charge is 0.341 e. The molecule has 1 aliphatic heterocycles. The van der Waals surface area contributed by atoms with Gasteiger partial charge in [-0.05, 0) is 51.1 Å². The third-order valence-corrected chi connectivity index (χ3v) is 4.40. The Morgan fingerprint density at radius 1 is 1.09 bits per heavy atom. The minimum atomic E-state index is -1.23. The number of carboxylic acids is 1. The third kappa shape index (κ3) is 5.40. The van der Waals surface area contributed by atoms with Crippen LogP contribution in [0.15, 0.2) is 36.4 Å². The Morgan fingerprint density at radius 3 is 2.45 bits per heavy atom. The molecule has 2 aromatic rings. The number of fused-ring (bicyclic) bond motifs is 2. The van der Waals surface area contributed by atoms with Crippen molar-refractivity contribution in [1.82, 2.24) is 0 Å². The molecule has 0 radical (unpaired) electrons. The van der Waals surface area contributed by atoms with Crippen LogP contribution in [-0.4, -0.2) is 54.8 Å². The second kappa shape index (κ2) is 9.19. The van der Waals surface area contributed by atoms with E-state index in [1.807, 2.05) is 0 Å². The van der Waals surface area contributed by atoms with Gasteiger partial charge in [-0.15, -0.1) is 0 Å². The van der Waals surface area contributed by atoms with Crippen molar-refractivity contribution in [3.05, 3.63) is 47.5 Å². The molecule has 3 rings (SSSR count). The second-order valence-electron chi connectivity index (χ2n) is 8.07. The second-order valence-corrected chi connectivity index (χ2v) is 8.07. The van der Waals surface area contributed by atoms with Crippen LogP contribution in [0.2, 0.25) is 0 Å². The van der Waals surface area contributed by atoms with E-state index in [-0.39, 0.29) is 34.1 Å². The summed E-state index contributed by atoms with van der Waals surface area (Å²) in [6, 6.07) is 8.76. The number of esters is 2. The molecule has 0 fully saturated rings. The lowest BCUT2D eigenvalue weighted by Crippen LogP contribution is -2.38. The van der Waals surface area contributed by atoms with E-state index < -0.39 is 42.6 Å². The van der Waals surface area contributed by atoms with Gasteiger partial charge in [0.15, 0.2) is 12.4 Å². The van der Waals surface area contributed by atoms with Crippen LogP contribution in [0.3, 0.4) is 0 Å².